The van der Waals surface area contributed by atoms with Crippen molar-refractivity contribution in [2.45, 2.75) is 6.92 Å². The fourth-order valence-electron chi connectivity index (χ4n) is 0.891. The predicted octanol–water partition coefficient (Wildman–Crippen LogP) is 0.530. The molecular weight excluding hydrogens is 205 g/mol. The summed E-state index contributed by atoms with van der Waals surface area (Å²) in [6, 6.07) is 3.73. The van der Waals surface area contributed by atoms with Crippen LogP contribution in [0, 0.1) is 6.92 Å². The molecule has 5 heteroatoms. The largest absolute Gasteiger partial charge is 0.356 e. The van der Waals surface area contributed by atoms with Crippen molar-refractivity contribution >= 4 is 0 Å². The molecule has 0 N–H and O–H groups in total. The first-order chi connectivity index (χ1) is 5.36. The molecule has 0 saturated carbocycles. The summed E-state index contributed by atoms with van der Waals surface area (Å²) in [6.45, 7) is 1.90. The Kier molecular flexibility index (Phi) is 2.76. The van der Waals surface area contributed by atoms with E-state index >= 15 is 0 Å². The standard InChI is InChI=1S/C7H7N4.Zn/c1-6-5-7(10-9-6)11-4-2-3-8-11;/h2-5H,1H3;/q-1;. The molecule has 4 nitrogen and oxygen atoms in total. The quantitative estimate of drug-likeness (QED) is 0.648. The van der Waals surface area contributed by atoms with Crippen LogP contribution >= 0.6 is 0 Å². The van der Waals surface area contributed by atoms with E-state index in [2.05, 4.69) is 15.3 Å². The molecule has 0 radical (unpaired) electrons. The molecule has 0 unspecified atom stereocenters. The number of hydrogen-bond donors (Lipinski definition) is 0. The molecule has 0 aliphatic heterocycles. The van der Waals surface area contributed by atoms with Crippen molar-refractivity contribution < 1.29 is 19.5 Å². The minimum absolute atomic E-state index is 0. The van der Waals surface area contributed by atoms with E-state index < -0.39 is 0 Å². The Bertz CT molecular complexity index is 338. The molecule has 0 aliphatic carbocycles. The van der Waals surface area contributed by atoms with E-state index in [1.165, 1.54) is 0 Å². The first kappa shape index (κ1) is 9.13. The number of aromatic nitrogens is 4. The Balaban J connectivity index is 0.000000720. The summed E-state index contributed by atoms with van der Waals surface area (Å²) < 4.78 is 1.68. The van der Waals surface area contributed by atoms with Gasteiger partial charge in [0.05, 0.1) is 0 Å². The second kappa shape index (κ2) is 3.63. The van der Waals surface area contributed by atoms with Crippen molar-refractivity contribution in [3.63, 3.8) is 0 Å². The monoisotopic (exact) mass is 211 g/mol. The second-order valence-corrected chi connectivity index (χ2v) is 2.29. The van der Waals surface area contributed by atoms with Gasteiger partial charge in [-0.3, -0.25) is 10.2 Å². The van der Waals surface area contributed by atoms with Gasteiger partial charge in [-0.2, -0.15) is 0 Å². The molecule has 2 aromatic heterocycles. The summed E-state index contributed by atoms with van der Waals surface area (Å²) in [5.41, 5.74) is 0.913. The van der Waals surface area contributed by atoms with Crippen LogP contribution in [0.3, 0.4) is 0 Å². The summed E-state index contributed by atoms with van der Waals surface area (Å²) in [7, 11) is 0. The van der Waals surface area contributed by atoms with Crippen LogP contribution in [0.25, 0.3) is 5.82 Å². The molecule has 0 saturated heterocycles. The molecule has 0 aliphatic rings. The Hall–Kier alpha value is -0.957. The zero-order valence-corrected chi connectivity index (χ0v) is 9.77. The van der Waals surface area contributed by atoms with E-state index in [0.29, 0.717) is 0 Å². The van der Waals surface area contributed by atoms with Crippen molar-refractivity contribution in [2.75, 3.05) is 0 Å². The van der Waals surface area contributed by atoms with Crippen LogP contribution in [0.5, 0.6) is 0 Å². The number of nitrogens with zero attached hydrogens (tertiary/aromatic N) is 4. The van der Waals surface area contributed by atoms with Gasteiger partial charge in [0.15, 0.2) is 0 Å². The van der Waals surface area contributed by atoms with Crippen molar-refractivity contribution in [3.05, 3.63) is 30.2 Å². The van der Waals surface area contributed by atoms with Crippen LogP contribution in [-0.2, 0) is 19.5 Å². The number of rotatable bonds is 1. The Morgan fingerprint density at radius 2 is 2.33 bits per heavy atom. The van der Waals surface area contributed by atoms with Crippen molar-refractivity contribution in [3.8, 4) is 5.82 Å². The summed E-state index contributed by atoms with van der Waals surface area (Å²) in [5.74, 6) is 0.771. The number of aryl methyl sites for hydroxylation is 1. The maximum Gasteiger partial charge on any atom is 0.0364 e. The van der Waals surface area contributed by atoms with E-state index in [1.54, 1.807) is 10.9 Å². The molecule has 0 bridgehead atoms. The van der Waals surface area contributed by atoms with E-state index in [-0.39, 0.29) is 19.5 Å². The van der Waals surface area contributed by atoms with Crippen LogP contribution in [-0.4, -0.2) is 14.9 Å². The molecule has 0 amide bonds. The Labute approximate surface area is 82.7 Å². The molecular formula is C7H7N4Zn-. The van der Waals surface area contributed by atoms with Crippen molar-refractivity contribution in [2.24, 2.45) is 0 Å². The molecule has 12 heavy (non-hydrogen) atoms. The zero-order chi connectivity index (χ0) is 7.68. The Morgan fingerprint density at radius 3 is 2.83 bits per heavy atom. The van der Waals surface area contributed by atoms with E-state index in [0.717, 1.165) is 11.5 Å². The zero-order valence-electron chi connectivity index (χ0n) is 6.81. The van der Waals surface area contributed by atoms with Crippen molar-refractivity contribution in [1.82, 2.24) is 20.0 Å². The minimum atomic E-state index is 0. The molecule has 0 aromatic carbocycles. The number of hydrogen-bond acceptors (Lipinski definition) is 2. The first-order valence-corrected chi connectivity index (χ1v) is 3.33. The third-order valence-electron chi connectivity index (χ3n) is 1.39. The van der Waals surface area contributed by atoms with Gasteiger partial charge in [-0.05, 0) is 24.9 Å². The molecule has 58 valence electrons. The van der Waals surface area contributed by atoms with Gasteiger partial charge >= 0.3 is 0 Å². The average Bonchev–Trinajstić information content (AvgIpc) is 2.55. The van der Waals surface area contributed by atoms with Gasteiger partial charge < -0.3 is 9.78 Å². The third-order valence-corrected chi connectivity index (χ3v) is 1.39. The molecule has 0 fully saturated rings. The van der Waals surface area contributed by atoms with Gasteiger partial charge in [0.1, 0.15) is 0 Å². The van der Waals surface area contributed by atoms with Crippen LogP contribution in [0.1, 0.15) is 5.69 Å². The minimum Gasteiger partial charge on any atom is -0.356 e. The van der Waals surface area contributed by atoms with Gasteiger partial charge in [-0.15, -0.1) is 0 Å². The Morgan fingerprint density at radius 1 is 1.50 bits per heavy atom. The third kappa shape index (κ3) is 1.61. The van der Waals surface area contributed by atoms with E-state index in [9.17, 15) is 0 Å². The second-order valence-electron chi connectivity index (χ2n) is 2.29. The normalized spacial score (nSPS) is 9.42. The van der Waals surface area contributed by atoms with Gasteiger partial charge in [0.2, 0.25) is 0 Å². The summed E-state index contributed by atoms with van der Waals surface area (Å²) in [6.07, 6.45) is 3.55. The van der Waals surface area contributed by atoms with Gasteiger partial charge in [-0.1, -0.05) is 6.20 Å². The first-order valence-electron chi connectivity index (χ1n) is 3.33. The smallest absolute Gasteiger partial charge is 0.0364 e. The van der Waals surface area contributed by atoms with Crippen LogP contribution in [0.4, 0.5) is 0 Å². The van der Waals surface area contributed by atoms with Gasteiger partial charge in [0, 0.05) is 31.4 Å². The predicted molar refractivity (Wildman–Crippen MR) is 39.4 cm³/mol. The van der Waals surface area contributed by atoms with Crippen LogP contribution in [0.2, 0.25) is 0 Å². The maximum atomic E-state index is 4.01. The van der Waals surface area contributed by atoms with Gasteiger partial charge in [0.25, 0.3) is 0 Å². The fraction of sp³-hybridized carbons (Fsp3) is 0.143. The molecule has 2 rings (SSSR count). The van der Waals surface area contributed by atoms with E-state index in [4.69, 9.17) is 0 Å². The maximum absolute atomic E-state index is 4.01. The van der Waals surface area contributed by atoms with Crippen LogP contribution in [0.15, 0.2) is 24.5 Å². The van der Waals surface area contributed by atoms with Crippen molar-refractivity contribution in [1.29, 1.82) is 0 Å². The fourth-order valence-corrected chi connectivity index (χ4v) is 0.891. The van der Waals surface area contributed by atoms with Gasteiger partial charge in [-0.25, -0.2) is 0 Å². The molecule has 0 atom stereocenters. The molecule has 2 heterocycles. The molecule has 2 aromatic rings. The molecule has 0 spiro atoms. The summed E-state index contributed by atoms with van der Waals surface area (Å²) >= 11 is 0. The SMILES string of the molecule is Cc1cc(-n2cccn2)[n-]n1.[Zn]. The summed E-state index contributed by atoms with van der Waals surface area (Å²) in [5, 5.41) is 11.8. The van der Waals surface area contributed by atoms with Crippen LogP contribution < -0.4 is 5.10 Å². The average molecular weight is 213 g/mol. The topological polar surface area (TPSA) is 44.8 Å². The summed E-state index contributed by atoms with van der Waals surface area (Å²) in [4.78, 5) is 0. The van der Waals surface area contributed by atoms with E-state index in [1.807, 2.05) is 25.3 Å².